The van der Waals surface area contributed by atoms with Gasteiger partial charge in [-0.2, -0.15) is 0 Å². The average Bonchev–Trinajstić information content (AvgIpc) is 2.76. The van der Waals surface area contributed by atoms with Crippen molar-refractivity contribution in [2.75, 3.05) is 44.7 Å². The van der Waals surface area contributed by atoms with Gasteiger partial charge in [-0.3, -0.25) is 4.79 Å². The zero-order chi connectivity index (χ0) is 21.5. The number of hydrogen-bond acceptors (Lipinski definition) is 3. The highest BCUT2D eigenvalue weighted by molar-refractivity contribution is 5.78. The molecule has 0 aliphatic carbocycles. The fourth-order valence-electron chi connectivity index (χ4n) is 3.77. The van der Waals surface area contributed by atoms with Gasteiger partial charge >= 0.3 is 6.03 Å². The molecule has 3 amide bonds. The Morgan fingerprint density at radius 1 is 0.967 bits per heavy atom. The van der Waals surface area contributed by atoms with Gasteiger partial charge in [-0.15, -0.1) is 0 Å². The first kappa shape index (κ1) is 21.7. The fourth-order valence-corrected chi connectivity index (χ4v) is 3.77. The summed E-state index contributed by atoms with van der Waals surface area (Å²) in [5, 5.41) is 2.85. The van der Waals surface area contributed by atoms with E-state index in [1.54, 1.807) is 11.9 Å². The lowest BCUT2D eigenvalue weighted by molar-refractivity contribution is -0.131. The Labute approximate surface area is 179 Å². The topological polar surface area (TPSA) is 55.9 Å². The number of nitrogens with one attached hydrogen (secondary N) is 1. The number of carbonyl (C=O) groups is 2. The summed E-state index contributed by atoms with van der Waals surface area (Å²) in [6.07, 6.45) is 0.328. The molecule has 2 aromatic rings. The van der Waals surface area contributed by atoms with Gasteiger partial charge in [0, 0.05) is 58.4 Å². The van der Waals surface area contributed by atoms with E-state index in [4.69, 9.17) is 0 Å². The van der Waals surface area contributed by atoms with Gasteiger partial charge < -0.3 is 20.0 Å². The molecule has 6 nitrogen and oxygen atoms in total. The van der Waals surface area contributed by atoms with E-state index in [-0.39, 0.29) is 11.9 Å². The molecule has 0 atom stereocenters. The van der Waals surface area contributed by atoms with Crippen molar-refractivity contribution in [1.29, 1.82) is 0 Å². The van der Waals surface area contributed by atoms with Crippen LogP contribution in [0.25, 0.3) is 0 Å². The second-order valence-electron chi connectivity index (χ2n) is 7.91. The van der Waals surface area contributed by atoms with Crippen LogP contribution >= 0.6 is 0 Å². The van der Waals surface area contributed by atoms with Crippen molar-refractivity contribution < 1.29 is 9.59 Å². The molecule has 0 unspecified atom stereocenters. The Morgan fingerprint density at radius 2 is 1.67 bits per heavy atom. The quantitative estimate of drug-likeness (QED) is 0.799. The van der Waals surface area contributed by atoms with Gasteiger partial charge in [0.2, 0.25) is 5.91 Å². The van der Waals surface area contributed by atoms with Gasteiger partial charge in [-0.05, 0) is 36.6 Å². The first-order chi connectivity index (χ1) is 14.5. The number of hydrogen-bond donors (Lipinski definition) is 1. The zero-order valence-electron chi connectivity index (χ0n) is 18.2. The van der Waals surface area contributed by atoms with Gasteiger partial charge in [0.15, 0.2) is 0 Å². The molecule has 1 saturated heterocycles. The van der Waals surface area contributed by atoms with Crippen molar-refractivity contribution >= 4 is 17.6 Å². The maximum atomic E-state index is 12.5. The van der Waals surface area contributed by atoms with Crippen molar-refractivity contribution in [2.45, 2.75) is 26.8 Å². The van der Waals surface area contributed by atoms with E-state index in [0.29, 0.717) is 32.6 Å². The zero-order valence-corrected chi connectivity index (χ0v) is 18.2. The Bertz CT molecular complexity index is 861. The average molecular weight is 409 g/mol. The van der Waals surface area contributed by atoms with E-state index in [9.17, 15) is 9.59 Å². The number of benzene rings is 2. The standard InChI is InChI=1S/C24H32N4O2/c1-19-8-7-11-22(20(19)2)27-14-16-28(17-15-27)23(29)12-13-25-24(30)26(3)18-21-9-5-4-6-10-21/h4-11H,12-18H2,1-3H3,(H,25,30). The number of carbonyl (C=O) groups excluding carboxylic acids is 2. The van der Waals surface area contributed by atoms with E-state index in [0.717, 1.165) is 18.7 Å². The molecule has 2 aromatic carbocycles. The number of piperazine rings is 1. The van der Waals surface area contributed by atoms with Crippen LogP contribution in [0.3, 0.4) is 0 Å². The molecular formula is C24H32N4O2. The molecule has 160 valence electrons. The summed E-state index contributed by atoms with van der Waals surface area (Å²) in [7, 11) is 1.76. The minimum atomic E-state index is -0.161. The summed E-state index contributed by atoms with van der Waals surface area (Å²) in [4.78, 5) is 30.7. The Kier molecular flexibility index (Phi) is 7.33. The van der Waals surface area contributed by atoms with E-state index in [2.05, 4.69) is 42.3 Å². The van der Waals surface area contributed by atoms with Crippen LogP contribution in [-0.4, -0.2) is 61.5 Å². The highest BCUT2D eigenvalue weighted by Crippen LogP contribution is 2.23. The van der Waals surface area contributed by atoms with Crippen LogP contribution in [0, 0.1) is 13.8 Å². The third kappa shape index (κ3) is 5.53. The first-order valence-corrected chi connectivity index (χ1v) is 10.6. The van der Waals surface area contributed by atoms with Gasteiger partial charge in [-0.25, -0.2) is 4.79 Å². The van der Waals surface area contributed by atoms with Gasteiger partial charge in [0.25, 0.3) is 0 Å². The predicted molar refractivity (Wildman–Crippen MR) is 121 cm³/mol. The molecule has 1 heterocycles. The summed E-state index contributed by atoms with van der Waals surface area (Å²) >= 11 is 0. The van der Waals surface area contributed by atoms with Crippen molar-refractivity contribution in [3.05, 3.63) is 65.2 Å². The Balaban J connectivity index is 1.39. The molecule has 0 spiro atoms. The number of nitrogens with zero attached hydrogens (tertiary/aromatic N) is 3. The summed E-state index contributed by atoms with van der Waals surface area (Å²) in [5.41, 5.74) is 4.93. The first-order valence-electron chi connectivity index (χ1n) is 10.6. The molecule has 3 rings (SSSR count). The molecule has 0 radical (unpaired) electrons. The van der Waals surface area contributed by atoms with Crippen LogP contribution in [0.4, 0.5) is 10.5 Å². The highest BCUT2D eigenvalue weighted by atomic mass is 16.2. The molecule has 0 saturated carbocycles. The third-order valence-electron chi connectivity index (χ3n) is 5.77. The molecule has 6 heteroatoms. The van der Waals surface area contributed by atoms with Crippen LogP contribution in [0.5, 0.6) is 0 Å². The summed E-state index contributed by atoms with van der Waals surface area (Å²) in [5.74, 6) is 0.0987. The molecule has 0 bridgehead atoms. The lowest BCUT2D eigenvalue weighted by Gasteiger charge is -2.37. The summed E-state index contributed by atoms with van der Waals surface area (Å²) in [6, 6.07) is 16.1. The molecule has 30 heavy (non-hydrogen) atoms. The largest absolute Gasteiger partial charge is 0.368 e. The van der Waals surface area contributed by atoms with Gasteiger partial charge in [-0.1, -0.05) is 42.5 Å². The van der Waals surface area contributed by atoms with Gasteiger partial charge in [0.05, 0.1) is 0 Å². The molecular weight excluding hydrogens is 376 g/mol. The lowest BCUT2D eigenvalue weighted by atomic mass is 10.1. The molecule has 1 fully saturated rings. The second kappa shape index (κ2) is 10.1. The Hall–Kier alpha value is -3.02. The normalized spacial score (nSPS) is 13.8. The summed E-state index contributed by atoms with van der Waals surface area (Å²) < 4.78 is 0. The predicted octanol–water partition coefficient (Wildman–Crippen LogP) is 3.18. The van der Waals surface area contributed by atoms with Gasteiger partial charge in [0.1, 0.15) is 0 Å². The minimum Gasteiger partial charge on any atom is -0.368 e. The number of amides is 3. The maximum Gasteiger partial charge on any atom is 0.317 e. The molecule has 1 aliphatic rings. The van der Waals surface area contributed by atoms with Crippen LogP contribution in [0.1, 0.15) is 23.1 Å². The lowest BCUT2D eigenvalue weighted by Crippen LogP contribution is -2.49. The fraction of sp³-hybridized carbons (Fsp3) is 0.417. The Morgan fingerprint density at radius 3 is 2.37 bits per heavy atom. The summed E-state index contributed by atoms with van der Waals surface area (Å²) in [6.45, 7) is 8.28. The van der Waals surface area contributed by atoms with E-state index in [1.165, 1.54) is 16.8 Å². The minimum absolute atomic E-state index is 0.0987. The monoisotopic (exact) mass is 408 g/mol. The second-order valence-corrected chi connectivity index (χ2v) is 7.91. The van der Waals surface area contributed by atoms with Crippen LogP contribution < -0.4 is 10.2 Å². The molecule has 1 aliphatic heterocycles. The maximum absolute atomic E-state index is 12.5. The van der Waals surface area contributed by atoms with E-state index < -0.39 is 0 Å². The number of anilines is 1. The van der Waals surface area contributed by atoms with Crippen LogP contribution in [0.15, 0.2) is 48.5 Å². The third-order valence-corrected chi connectivity index (χ3v) is 5.77. The van der Waals surface area contributed by atoms with E-state index in [1.807, 2.05) is 35.2 Å². The smallest absolute Gasteiger partial charge is 0.317 e. The molecule has 1 N–H and O–H groups in total. The number of rotatable bonds is 6. The van der Waals surface area contributed by atoms with Crippen LogP contribution in [0.2, 0.25) is 0 Å². The molecule has 0 aromatic heterocycles. The number of aryl methyl sites for hydroxylation is 1. The van der Waals surface area contributed by atoms with E-state index >= 15 is 0 Å². The van der Waals surface area contributed by atoms with Crippen molar-refractivity contribution in [2.24, 2.45) is 0 Å². The SMILES string of the molecule is Cc1cccc(N2CCN(C(=O)CCNC(=O)N(C)Cc3ccccc3)CC2)c1C. The van der Waals surface area contributed by atoms with Crippen molar-refractivity contribution in [3.63, 3.8) is 0 Å². The van der Waals surface area contributed by atoms with Crippen LogP contribution in [-0.2, 0) is 11.3 Å². The number of urea groups is 1. The van der Waals surface area contributed by atoms with Crippen molar-refractivity contribution in [3.8, 4) is 0 Å². The van der Waals surface area contributed by atoms with Crippen molar-refractivity contribution in [1.82, 2.24) is 15.1 Å². The highest BCUT2D eigenvalue weighted by Gasteiger charge is 2.22.